The van der Waals surface area contributed by atoms with Gasteiger partial charge in [-0.1, -0.05) is 25.1 Å². The van der Waals surface area contributed by atoms with Gasteiger partial charge >= 0.3 is 0 Å². The number of benzene rings is 1. The maximum atomic E-state index is 12.5. The molecule has 1 fully saturated rings. The van der Waals surface area contributed by atoms with Gasteiger partial charge in [-0.25, -0.2) is 0 Å². The average molecular weight is 243 g/mol. The summed E-state index contributed by atoms with van der Waals surface area (Å²) >= 11 is 0. The third kappa shape index (κ3) is 1.66. The van der Waals surface area contributed by atoms with Crippen molar-refractivity contribution in [2.24, 2.45) is 5.41 Å². The number of hydrogen-bond donors (Lipinski definition) is 1. The van der Waals surface area contributed by atoms with Crippen LogP contribution in [0.4, 0.5) is 0 Å². The molecule has 1 aromatic heterocycles. The highest BCUT2D eigenvalue weighted by Crippen LogP contribution is 2.32. The zero-order valence-electron chi connectivity index (χ0n) is 10.7. The van der Waals surface area contributed by atoms with Gasteiger partial charge in [0.15, 0.2) is 5.76 Å². The van der Waals surface area contributed by atoms with Crippen LogP contribution in [0.5, 0.6) is 0 Å². The Morgan fingerprint density at radius 2 is 2.28 bits per heavy atom. The number of rotatable bonds is 2. The van der Waals surface area contributed by atoms with Crippen molar-refractivity contribution in [2.45, 2.75) is 20.3 Å². The highest BCUT2D eigenvalue weighted by Gasteiger charge is 2.38. The normalized spacial score (nSPS) is 23.7. The molecule has 1 atom stereocenters. The molecule has 0 radical (unpaired) electrons. The summed E-state index contributed by atoms with van der Waals surface area (Å²) < 4.78 is 5.76. The minimum Gasteiger partial charge on any atom is -0.453 e. The van der Waals surface area contributed by atoms with Crippen LogP contribution in [0.1, 0.15) is 29.5 Å². The smallest absolute Gasteiger partial charge is 0.205 e. The lowest BCUT2D eigenvalue weighted by molar-refractivity contribution is 0.0811. The summed E-state index contributed by atoms with van der Waals surface area (Å²) in [6.45, 7) is 5.65. The summed E-state index contributed by atoms with van der Waals surface area (Å²) in [4.78, 5) is 12.5. The Kier molecular flexibility index (Phi) is 2.52. The fraction of sp³-hybridized carbons (Fsp3) is 0.400. The summed E-state index contributed by atoms with van der Waals surface area (Å²) in [6.07, 6.45) is 0.877. The fourth-order valence-electron chi connectivity index (χ4n) is 2.63. The Balaban J connectivity index is 2.04. The molecule has 2 heterocycles. The molecular weight excluding hydrogens is 226 g/mol. The van der Waals surface area contributed by atoms with Crippen molar-refractivity contribution in [3.63, 3.8) is 0 Å². The Morgan fingerprint density at radius 3 is 2.94 bits per heavy atom. The van der Waals surface area contributed by atoms with Gasteiger partial charge in [0.25, 0.3) is 0 Å². The van der Waals surface area contributed by atoms with Gasteiger partial charge < -0.3 is 9.73 Å². The molecule has 1 saturated heterocycles. The first kappa shape index (κ1) is 11.5. The first-order valence-electron chi connectivity index (χ1n) is 6.35. The van der Waals surface area contributed by atoms with E-state index in [2.05, 4.69) is 5.32 Å². The van der Waals surface area contributed by atoms with Crippen LogP contribution < -0.4 is 5.32 Å². The second kappa shape index (κ2) is 3.95. The molecule has 94 valence electrons. The second-order valence-electron chi connectivity index (χ2n) is 5.42. The summed E-state index contributed by atoms with van der Waals surface area (Å²) in [5, 5.41) is 4.25. The van der Waals surface area contributed by atoms with Crippen LogP contribution in [0.3, 0.4) is 0 Å². The van der Waals surface area contributed by atoms with Crippen molar-refractivity contribution in [1.29, 1.82) is 0 Å². The van der Waals surface area contributed by atoms with E-state index in [0.717, 1.165) is 36.0 Å². The molecule has 1 aromatic carbocycles. The minimum atomic E-state index is -0.318. The van der Waals surface area contributed by atoms with Gasteiger partial charge in [0.1, 0.15) is 5.58 Å². The van der Waals surface area contributed by atoms with Crippen molar-refractivity contribution in [3.8, 4) is 0 Å². The van der Waals surface area contributed by atoms with Crippen LogP contribution in [0.25, 0.3) is 11.0 Å². The third-order valence-electron chi connectivity index (χ3n) is 3.88. The van der Waals surface area contributed by atoms with Crippen LogP contribution in [0.15, 0.2) is 28.7 Å². The van der Waals surface area contributed by atoms with Crippen LogP contribution in [-0.2, 0) is 0 Å². The molecule has 1 aliphatic heterocycles. The Morgan fingerprint density at radius 1 is 1.44 bits per heavy atom. The summed E-state index contributed by atoms with van der Waals surface area (Å²) in [6, 6.07) is 7.84. The SMILES string of the molecule is Cc1cccc2cc(C(=O)C3(C)CCNC3)oc12. The molecule has 1 N–H and O–H groups in total. The molecule has 18 heavy (non-hydrogen) atoms. The predicted octanol–water partition coefficient (Wildman–Crippen LogP) is 2.92. The van der Waals surface area contributed by atoms with E-state index in [9.17, 15) is 4.79 Å². The number of carbonyl (C=O) groups excluding carboxylic acids is 1. The van der Waals surface area contributed by atoms with Crippen molar-refractivity contribution in [1.82, 2.24) is 5.32 Å². The maximum absolute atomic E-state index is 12.5. The van der Waals surface area contributed by atoms with Crippen LogP contribution >= 0.6 is 0 Å². The van der Waals surface area contributed by atoms with Gasteiger partial charge in [0.2, 0.25) is 5.78 Å². The number of furan rings is 1. The monoisotopic (exact) mass is 243 g/mol. The largest absolute Gasteiger partial charge is 0.453 e. The quantitative estimate of drug-likeness (QED) is 0.825. The summed E-state index contributed by atoms with van der Waals surface area (Å²) in [5.41, 5.74) is 1.58. The number of para-hydroxylation sites is 1. The molecule has 1 aliphatic rings. The maximum Gasteiger partial charge on any atom is 0.205 e. The van der Waals surface area contributed by atoms with E-state index < -0.39 is 0 Å². The number of Topliss-reactive ketones (excluding diaryl/α,β-unsaturated/α-hetero) is 1. The highest BCUT2D eigenvalue weighted by atomic mass is 16.3. The molecule has 3 nitrogen and oxygen atoms in total. The van der Waals surface area contributed by atoms with E-state index >= 15 is 0 Å². The van der Waals surface area contributed by atoms with Gasteiger partial charge in [-0.05, 0) is 31.5 Å². The van der Waals surface area contributed by atoms with Gasteiger partial charge in [-0.15, -0.1) is 0 Å². The molecule has 3 heteroatoms. The molecule has 0 aliphatic carbocycles. The van der Waals surface area contributed by atoms with E-state index in [0.29, 0.717) is 5.76 Å². The van der Waals surface area contributed by atoms with Gasteiger partial charge in [0, 0.05) is 17.3 Å². The standard InChI is InChI=1S/C15H17NO2/c1-10-4-3-5-11-8-12(18-13(10)11)14(17)15(2)6-7-16-9-15/h3-5,8,16H,6-7,9H2,1-2H3. The van der Waals surface area contributed by atoms with Gasteiger partial charge in [-0.3, -0.25) is 4.79 Å². The molecule has 0 spiro atoms. The predicted molar refractivity (Wildman–Crippen MR) is 70.9 cm³/mol. The number of fused-ring (bicyclic) bond motifs is 1. The Bertz CT molecular complexity index is 606. The molecule has 0 amide bonds. The molecular formula is C15H17NO2. The molecule has 0 bridgehead atoms. The van der Waals surface area contributed by atoms with Crippen LogP contribution in [-0.4, -0.2) is 18.9 Å². The zero-order chi connectivity index (χ0) is 12.8. The summed E-state index contributed by atoms with van der Waals surface area (Å²) in [7, 11) is 0. The second-order valence-corrected chi connectivity index (χ2v) is 5.42. The minimum absolute atomic E-state index is 0.114. The number of hydrogen-bond acceptors (Lipinski definition) is 3. The average Bonchev–Trinajstić information content (AvgIpc) is 2.96. The lowest BCUT2D eigenvalue weighted by Crippen LogP contribution is -2.29. The highest BCUT2D eigenvalue weighted by molar-refractivity contribution is 6.01. The van der Waals surface area contributed by atoms with Crippen molar-refractivity contribution in [3.05, 3.63) is 35.6 Å². The van der Waals surface area contributed by atoms with Crippen molar-refractivity contribution < 1.29 is 9.21 Å². The Labute approximate surface area is 106 Å². The Hall–Kier alpha value is -1.61. The first-order valence-corrected chi connectivity index (χ1v) is 6.35. The van der Waals surface area contributed by atoms with Crippen molar-refractivity contribution in [2.75, 3.05) is 13.1 Å². The lowest BCUT2D eigenvalue weighted by atomic mass is 9.84. The zero-order valence-corrected chi connectivity index (χ0v) is 10.7. The van der Waals surface area contributed by atoms with Crippen LogP contribution in [0.2, 0.25) is 0 Å². The lowest BCUT2D eigenvalue weighted by Gasteiger charge is -2.18. The van der Waals surface area contributed by atoms with E-state index in [1.54, 1.807) is 0 Å². The van der Waals surface area contributed by atoms with E-state index in [1.165, 1.54) is 0 Å². The van der Waals surface area contributed by atoms with E-state index in [-0.39, 0.29) is 11.2 Å². The van der Waals surface area contributed by atoms with Crippen LogP contribution in [0, 0.1) is 12.3 Å². The summed E-state index contributed by atoms with van der Waals surface area (Å²) in [5.74, 6) is 0.605. The van der Waals surface area contributed by atoms with Crippen molar-refractivity contribution >= 4 is 16.8 Å². The number of aryl methyl sites for hydroxylation is 1. The van der Waals surface area contributed by atoms with E-state index in [1.807, 2.05) is 38.1 Å². The molecule has 3 rings (SSSR count). The number of ketones is 1. The van der Waals surface area contributed by atoms with E-state index in [4.69, 9.17) is 4.42 Å². The number of nitrogens with one attached hydrogen (secondary N) is 1. The van der Waals surface area contributed by atoms with Gasteiger partial charge in [0.05, 0.1) is 0 Å². The fourth-order valence-corrected chi connectivity index (χ4v) is 2.63. The topological polar surface area (TPSA) is 42.2 Å². The molecule has 2 aromatic rings. The molecule has 0 saturated carbocycles. The third-order valence-corrected chi connectivity index (χ3v) is 3.88. The number of carbonyl (C=O) groups is 1. The van der Waals surface area contributed by atoms with Gasteiger partial charge in [-0.2, -0.15) is 0 Å². The molecule has 1 unspecified atom stereocenters. The first-order chi connectivity index (χ1) is 8.60.